The highest BCUT2D eigenvalue weighted by atomic mass is 16.3. The number of rotatable bonds is 3. The fraction of sp³-hybridized carbons (Fsp3) is 0.154. The van der Waals surface area contributed by atoms with E-state index in [1.807, 2.05) is 4.98 Å². The first-order valence-electron chi connectivity index (χ1n) is 5.96. The molecule has 0 saturated heterocycles. The Bertz CT molecular complexity index is 719. The first-order chi connectivity index (χ1) is 9.51. The van der Waals surface area contributed by atoms with Crippen molar-refractivity contribution in [1.82, 2.24) is 9.97 Å². The summed E-state index contributed by atoms with van der Waals surface area (Å²) in [6.07, 6.45) is 0. The summed E-state index contributed by atoms with van der Waals surface area (Å²) >= 11 is 0. The summed E-state index contributed by atoms with van der Waals surface area (Å²) in [5, 5.41) is 9.45. The van der Waals surface area contributed by atoms with Crippen LogP contribution in [0.5, 0.6) is 5.75 Å². The van der Waals surface area contributed by atoms with E-state index in [4.69, 9.17) is 0 Å². The molecule has 0 aliphatic carbocycles. The summed E-state index contributed by atoms with van der Waals surface area (Å²) in [5.41, 5.74) is -1.03. The zero-order valence-corrected chi connectivity index (χ0v) is 10.7. The highest BCUT2D eigenvalue weighted by molar-refractivity contribution is 6.04. The topological polar surface area (TPSA) is 106 Å². The van der Waals surface area contributed by atoms with Crippen molar-refractivity contribution in [2.24, 2.45) is 0 Å². The van der Waals surface area contributed by atoms with Crippen LogP contribution in [0.25, 0.3) is 0 Å². The fourth-order valence-corrected chi connectivity index (χ4v) is 1.83. The van der Waals surface area contributed by atoms with E-state index in [0.29, 0.717) is 12.2 Å². The molecule has 0 atom stereocenters. The summed E-state index contributed by atoms with van der Waals surface area (Å²) in [7, 11) is 0. The van der Waals surface area contributed by atoms with Crippen LogP contribution >= 0.6 is 0 Å². The standard InChI is InChI=1S/C13H13N3O4/c1-2-16(8-4-3-5-9(17)6-8)12(19)10-7-11(18)15-13(20)14-10/h3-7,17H,2H2,1H3,(H2,14,15,18,20). The first kappa shape index (κ1) is 13.6. The molecule has 104 valence electrons. The maximum absolute atomic E-state index is 12.3. The van der Waals surface area contributed by atoms with E-state index in [0.717, 1.165) is 6.07 Å². The number of nitrogens with zero attached hydrogens (tertiary/aromatic N) is 1. The molecule has 2 aromatic rings. The quantitative estimate of drug-likeness (QED) is 0.755. The van der Waals surface area contributed by atoms with Gasteiger partial charge in [0.1, 0.15) is 11.4 Å². The van der Waals surface area contributed by atoms with Gasteiger partial charge in [-0.3, -0.25) is 14.6 Å². The molecule has 7 heteroatoms. The van der Waals surface area contributed by atoms with Gasteiger partial charge in [0.15, 0.2) is 0 Å². The van der Waals surface area contributed by atoms with Gasteiger partial charge >= 0.3 is 5.69 Å². The monoisotopic (exact) mass is 275 g/mol. The third kappa shape index (κ3) is 2.77. The lowest BCUT2D eigenvalue weighted by Crippen LogP contribution is -2.34. The van der Waals surface area contributed by atoms with Crippen LogP contribution in [0.3, 0.4) is 0 Å². The van der Waals surface area contributed by atoms with E-state index in [1.54, 1.807) is 19.1 Å². The van der Waals surface area contributed by atoms with Crippen molar-refractivity contribution in [3.8, 4) is 5.75 Å². The van der Waals surface area contributed by atoms with Crippen molar-refractivity contribution in [1.29, 1.82) is 0 Å². The molecule has 0 saturated carbocycles. The molecule has 2 rings (SSSR count). The molecule has 1 aromatic heterocycles. The molecule has 0 fully saturated rings. The molecule has 1 aromatic carbocycles. The van der Waals surface area contributed by atoms with Gasteiger partial charge in [-0.15, -0.1) is 0 Å². The Labute approximate surface area is 113 Å². The summed E-state index contributed by atoms with van der Waals surface area (Å²) < 4.78 is 0. The van der Waals surface area contributed by atoms with Gasteiger partial charge in [-0.25, -0.2) is 4.79 Å². The van der Waals surface area contributed by atoms with Crippen molar-refractivity contribution >= 4 is 11.6 Å². The van der Waals surface area contributed by atoms with E-state index in [-0.39, 0.29) is 11.4 Å². The Morgan fingerprint density at radius 1 is 1.25 bits per heavy atom. The van der Waals surface area contributed by atoms with Crippen molar-refractivity contribution in [2.45, 2.75) is 6.92 Å². The predicted molar refractivity (Wildman–Crippen MR) is 73.1 cm³/mol. The summed E-state index contributed by atoms with van der Waals surface area (Å²) in [4.78, 5) is 40.4. The van der Waals surface area contributed by atoms with Gasteiger partial charge in [-0.2, -0.15) is 0 Å². The Hall–Kier alpha value is -2.83. The molecule has 0 radical (unpaired) electrons. The van der Waals surface area contributed by atoms with Crippen LogP contribution in [0.2, 0.25) is 0 Å². The van der Waals surface area contributed by atoms with Crippen LogP contribution in [0.15, 0.2) is 39.9 Å². The minimum Gasteiger partial charge on any atom is -0.508 e. The van der Waals surface area contributed by atoms with Crippen molar-refractivity contribution < 1.29 is 9.90 Å². The van der Waals surface area contributed by atoms with Crippen LogP contribution in [0.4, 0.5) is 5.69 Å². The van der Waals surface area contributed by atoms with Crippen LogP contribution < -0.4 is 16.1 Å². The van der Waals surface area contributed by atoms with E-state index in [1.165, 1.54) is 17.0 Å². The third-order valence-electron chi connectivity index (χ3n) is 2.69. The molecule has 0 aliphatic rings. The summed E-state index contributed by atoms with van der Waals surface area (Å²) in [6, 6.07) is 7.17. The van der Waals surface area contributed by atoms with Gasteiger partial charge in [0.25, 0.3) is 11.5 Å². The molecule has 1 heterocycles. The number of hydrogen-bond donors (Lipinski definition) is 3. The second-order valence-corrected chi connectivity index (χ2v) is 4.07. The smallest absolute Gasteiger partial charge is 0.326 e. The predicted octanol–water partition coefficient (Wildman–Crippen LogP) is 0.435. The number of H-pyrrole nitrogens is 2. The van der Waals surface area contributed by atoms with Crippen LogP contribution in [-0.4, -0.2) is 27.5 Å². The van der Waals surface area contributed by atoms with Gasteiger partial charge in [0.2, 0.25) is 0 Å². The third-order valence-corrected chi connectivity index (χ3v) is 2.69. The molecular formula is C13H13N3O4. The Morgan fingerprint density at radius 2 is 2.00 bits per heavy atom. The summed E-state index contributed by atoms with van der Waals surface area (Å²) in [5.74, 6) is -0.505. The Balaban J connectivity index is 2.44. The highest BCUT2D eigenvalue weighted by Gasteiger charge is 2.17. The van der Waals surface area contributed by atoms with E-state index >= 15 is 0 Å². The number of aromatic hydroxyl groups is 1. The second kappa shape index (κ2) is 5.43. The number of nitrogens with one attached hydrogen (secondary N) is 2. The zero-order chi connectivity index (χ0) is 14.7. The first-order valence-corrected chi connectivity index (χ1v) is 5.96. The summed E-state index contributed by atoms with van der Waals surface area (Å²) in [6.45, 7) is 2.06. The number of amides is 1. The highest BCUT2D eigenvalue weighted by Crippen LogP contribution is 2.20. The Morgan fingerprint density at radius 3 is 2.60 bits per heavy atom. The molecule has 0 unspecified atom stereocenters. The number of phenolic OH excluding ortho intramolecular Hbond substituents is 1. The molecule has 0 aliphatic heterocycles. The van der Waals surface area contributed by atoms with E-state index in [9.17, 15) is 19.5 Å². The normalized spacial score (nSPS) is 10.2. The average molecular weight is 275 g/mol. The van der Waals surface area contributed by atoms with E-state index in [2.05, 4.69) is 4.98 Å². The number of carbonyl (C=O) groups is 1. The maximum Gasteiger partial charge on any atom is 0.326 e. The molecule has 7 nitrogen and oxygen atoms in total. The van der Waals surface area contributed by atoms with Gasteiger partial charge in [-0.1, -0.05) is 6.07 Å². The minimum atomic E-state index is -0.743. The molecule has 0 spiro atoms. The number of anilines is 1. The van der Waals surface area contributed by atoms with Gasteiger partial charge in [0.05, 0.1) is 0 Å². The Kier molecular flexibility index (Phi) is 3.69. The number of phenols is 1. The molecule has 3 N–H and O–H groups in total. The zero-order valence-electron chi connectivity index (χ0n) is 10.7. The maximum atomic E-state index is 12.3. The van der Waals surface area contributed by atoms with E-state index < -0.39 is 17.2 Å². The lowest BCUT2D eigenvalue weighted by molar-refractivity contribution is 0.0983. The number of aromatic nitrogens is 2. The number of benzene rings is 1. The van der Waals surface area contributed by atoms with Gasteiger partial charge in [-0.05, 0) is 19.1 Å². The van der Waals surface area contributed by atoms with Gasteiger partial charge < -0.3 is 15.0 Å². The fourth-order valence-electron chi connectivity index (χ4n) is 1.83. The minimum absolute atomic E-state index is 0.0214. The number of hydrogen-bond acceptors (Lipinski definition) is 4. The second-order valence-electron chi connectivity index (χ2n) is 4.07. The number of aromatic amines is 2. The molecule has 20 heavy (non-hydrogen) atoms. The molecule has 0 bridgehead atoms. The largest absolute Gasteiger partial charge is 0.508 e. The van der Waals surface area contributed by atoms with Crippen molar-refractivity contribution in [2.75, 3.05) is 11.4 Å². The average Bonchev–Trinajstić information content (AvgIpc) is 2.38. The lowest BCUT2D eigenvalue weighted by atomic mass is 10.2. The molecular weight excluding hydrogens is 262 g/mol. The lowest BCUT2D eigenvalue weighted by Gasteiger charge is -2.20. The van der Waals surface area contributed by atoms with Gasteiger partial charge in [0, 0.05) is 24.4 Å². The van der Waals surface area contributed by atoms with Crippen LogP contribution in [0.1, 0.15) is 17.4 Å². The molecule has 1 amide bonds. The van der Waals surface area contributed by atoms with Crippen molar-refractivity contribution in [3.05, 3.63) is 56.9 Å². The van der Waals surface area contributed by atoms with Crippen LogP contribution in [0, 0.1) is 0 Å². The number of carbonyl (C=O) groups excluding carboxylic acids is 1. The van der Waals surface area contributed by atoms with Crippen molar-refractivity contribution in [3.63, 3.8) is 0 Å². The van der Waals surface area contributed by atoms with Crippen LogP contribution in [-0.2, 0) is 0 Å². The SMILES string of the molecule is CCN(C(=O)c1cc(=O)[nH]c(=O)[nH]1)c1cccc(O)c1.